The molecule has 1 fully saturated rings. The lowest BCUT2D eigenvalue weighted by Crippen LogP contribution is -2.46. The quantitative estimate of drug-likeness (QED) is 0.380. The summed E-state index contributed by atoms with van der Waals surface area (Å²) in [7, 11) is 0. The number of fused-ring (bicyclic) bond motifs is 1. The molecule has 0 saturated carbocycles. The molecular weight excluding hydrogens is 468 g/mol. The van der Waals surface area contributed by atoms with Crippen LogP contribution in [-0.2, 0) is 9.53 Å². The zero-order valence-corrected chi connectivity index (χ0v) is 21.8. The summed E-state index contributed by atoms with van der Waals surface area (Å²) in [6, 6.07) is 0.906. The van der Waals surface area contributed by atoms with Gasteiger partial charge in [-0.15, -0.1) is 0 Å². The van der Waals surface area contributed by atoms with Gasteiger partial charge in [0, 0.05) is 36.8 Å². The van der Waals surface area contributed by atoms with Crippen molar-refractivity contribution in [2.45, 2.75) is 76.5 Å². The molecule has 3 heterocycles. The van der Waals surface area contributed by atoms with Crippen molar-refractivity contribution in [2.24, 2.45) is 16.3 Å². The second kappa shape index (κ2) is 12.1. The number of ether oxygens (including phenoxy) is 1. The van der Waals surface area contributed by atoms with Gasteiger partial charge in [0.05, 0.1) is 42.9 Å². The molecule has 9 nitrogen and oxygen atoms in total. The SMILES string of the molecule is C[C@H]1CN=NN1C1CCN(COC2C=C3NC(CCCCC(=O)O)=C(C4C=CC=CC4)NC3=CC2)CC1. The van der Waals surface area contributed by atoms with Crippen molar-refractivity contribution < 1.29 is 14.6 Å². The zero-order chi connectivity index (χ0) is 25.6. The average molecular weight is 509 g/mol. The maximum absolute atomic E-state index is 11.0. The van der Waals surface area contributed by atoms with E-state index in [9.17, 15) is 4.79 Å². The third kappa shape index (κ3) is 6.51. The summed E-state index contributed by atoms with van der Waals surface area (Å²) in [5.41, 5.74) is 4.54. The maximum Gasteiger partial charge on any atom is 0.303 e. The third-order valence-electron chi connectivity index (χ3n) is 7.86. The maximum atomic E-state index is 11.0. The number of likely N-dealkylation sites (tertiary alicyclic amines) is 1. The molecule has 5 rings (SSSR count). The molecule has 5 aliphatic rings. The lowest BCUT2D eigenvalue weighted by atomic mass is 9.91. The Morgan fingerprint density at radius 1 is 1.16 bits per heavy atom. The largest absolute Gasteiger partial charge is 0.481 e. The molecule has 200 valence electrons. The normalized spacial score (nSPS) is 28.0. The highest BCUT2D eigenvalue weighted by Crippen LogP contribution is 2.32. The molecule has 2 aliphatic carbocycles. The fourth-order valence-corrected chi connectivity index (χ4v) is 5.71. The first-order valence-electron chi connectivity index (χ1n) is 13.8. The van der Waals surface area contributed by atoms with Crippen molar-refractivity contribution >= 4 is 5.97 Å². The van der Waals surface area contributed by atoms with Crippen molar-refractivity contribution in [3.05, 3.63) is 59.2 Å². The van der Waals surface area contributed by atoms with Gasteiger partial charge in [-0.25, -0.2) is 0 Å². The smallest absolute Gasteiger partial charge is 0.303 e. The molecule has 3 aliphatic heterocycles. The van der Waals surface area contributed by atoms with E-state index in [4.69, 9.17) is 9.84 Å². The number of carboxylic acid groups (broad SMARTS) is 1. The van der Waals surface area contributed by atoms with Crippen molar-refractivity contribution in [1.29, 1.82) is 0 Å². The van der Waals surface area contributed by atoms with Gasteiger partial charge in [-0.2, -0.15) is 5.11 Å². The molecule has 3 N–H and O–H groups in total. The van der Waals surface area contributed by atoms with E-state index >= 15 is 0 Å². The van der Waals surface area contributed by atoms with Crippen LogP contribution in [0, 0.1) is 5.92 Å². The standard InChI is InChI=1S/C28H40N6O3/c1-20-18-29-32-34(20)22-13-15-33(16-14-22)19-37-23-11-12-24-26(17-23)30-25(9-5-6-10-27(35)36)28(31-24)21-7-3-2-4-8-21/h2-4,7,12,17,20-23,30-31H,5-6,8-11,13-16,18-19H2,1H3,(H,35,36)/t20-,21?,23?/m0/s1. The van der Waals surface area contributed by atoms with Crippen LogP contribution >= 0.6 is 0 Å². The van der Waals surface area contributed by atoms with Gasteiger partial charge in [-0.1, -0.05) is 35.6 Å². The molecule has 2 unspecified atom stereocenters. The van der Waals surface area contributed by atoms with Crippen molar-refractivity contribution in [3.63, 3.8) is 0 Å². The first-order valence-corrected chi connectivity index (χ1v) is 13.8. The van der Waals surface area contributed by atoms with Gasteiger partial charge >= 0.3 is 5.97 Å². The molecule has 0 spiro atoms. The van der Waals surface area contributed by atoms with Crippen LogP contribution in [0.15, 0.2) is 69.6 Å². The van der Waals surface area contributed by atoms with Gasteiger partial charge in [0.25, 0.3) is 0 Å². The lowest BCUT2D eigenvalue weighted by Gasteiger charge is -2.37. The number of piperidine rings is 1. The molecule has 0 bridgehead atoms. The first-order chi connectivity index (χ1) is 18.1. The summed E-state index contributed by atoms with van der Waals surface area (Å²) in [6.45, 7) is 5.68. The number of aliphatic carboxylic acids is 1. The van der Waals surface area contributed by atoms with E-state index in [-0.39, 0.29) is 12.5 Å². The second-order valence-electron chi connectivity index (χ2n) is 10.7. The Hall–Kier alpha value is -2.91. The Morgan fingerprint density at radius 2 is 2.03 bits per heavy atom. The van der Waals surface area contributed by atoms with Gasteiger partial charge in [0.1, 0.15) is 0 Å². The zero-order valence-electron chi connectivity index (χ0n) is 21.8. The molecule has 0 aromatic carbocycles. The number of hydrogen-bond donors (Lipinski definition) is 3. The lowest BCUT2D eigenvalue weighted by molar-refractivity contribution is -0.137. The number of nitrogens with one attached hydrogen (secondary N) is 2. The van der Waals surface area contributed by atoms with Crippen LogP contribution in [0.1, 0.15) is 58.3 Å². The van der Waals surface area contributed by atoms with E-state index in [1.165, 1.54) is 5.70 Å². The molecule has 3 atom stereocenters. The number of hydrogen-bond acceptors (Lipinski definition) is 8. The average Bonchev–Trinajstić information content (AvgIpc) is 3.35. The van der Waals surface area contributed by atoms with Crippen molar-refractivity contribution in [1.82, 2.24) is 20.5 Å². The Bertz CT molecular complexity index is 1020. The monoisotopic (exact) mass is 508 g/mol. The van der Waals surface area contributed by atoms with Gasteiger partial charge in [0.2, 0.25) is 0 Å². The fraction of sp³-hybridized carbons (Fsp3) is 0.607. The molecule has 9 heteroatoms. The number of carbonyl (C=O) groups is 1. The third-order valence-corrected chi connectivity index (χ3v) is 7.86. The fourth-order valence-electron chi connectivity index (χ4n) is 5.71. The minimum absolute atomic E-state index is 0.0329. The summed E-state index contributed by atoms with van der Waals surface area (Å²) in [4.78, 5) is 13.3. The van der Waals surface area contributed by atoms with E-state index in [1.807, 2.05) is 0 Å². The van der Waals surface area contributed by atoms with Crippen LogP contribution < -0.4 is 10.6 Å². The van der Waals surface area contributed by atoms with Gasteiger partial charge in [-0.3, -0.25) is 14.7 Å². The van der Waals surface area contributed by atoms with E-state index < -0.39 is 5.97 Å². The Morgan fingerprint density at radius 3 is 2.76 bits per heavy atom. The van der Waals surface area contributed by atoms with Gasteiger partial charge in [-0.05, 0) is 57.9 Å². The number of allylic oxidation sites excluding steroid dienone is 5. The highest BCUT2D eigenvalue weighted by atomic mass is 16.5. The van der Waals surface area contributed by atoms with Crippen molar-refractivity contribution in [2.75, 3.05) is 26.4 Å². The second-order valence-corrected chi connectivity index (χ2v) is 10.7. The first kappa shape index (κ1) is 25.7. The minimum atomic E-state index is -0.732. The Balaban J connectivity index is 1.16. The topological polar surface area (TPSA) is 102 Å². The summed E-state index contributed by atoms with van der Waals surface area (Å²) >= 11 is 0. The van der Waals surface area contributed by atoms with E-state index in [1.54, 1.807) is 0 Å². The number of rotatable bonds is 10. The van der Waals surface area contributed by atoms with Crippen LogP contribution in [0.3, 0.4) is 0 Å². The predicted molar refractivity (Wildman–Crippen MR) is 142 cm³/mol. The summed E-state index contributed by atoms with van der Waals surface area (Å²) in [5, 5.41) is 27.1. The molecule has 37 heavy (non-hydrogen) atoms. The molecule has 0 aromatic heterocycles. The molecule has 0 amide bonds. The van der Waals surface area contributed by atoms with Gasteiger partial charge in [0.15, 0.2) is 0 Å². The number of nitrogens with zero attached hydrogens (tertiary/aromatic N) is 4. The number of unbranched alkanes of at least 4 members (excludes halogenated alkanes) is 1. The summed E-state index contributed by atoms with van der Waals surface area (Å²) in [6.07, 6.45) is 19.7. The summed E-state index contributed by atoms with van der Waals surface area (Å²) in [5.74, 6) is -0.429. The van der Waals surface area contributed by atoms with Crippen molar-refractivity contribution in [3.8, 4) is 0 Å². The van der Waals surface area contributed by atoms with E-state index in [0.29, 0.717) is 31.2 Å². The van der Waals surface area contributed by atoms with Crippen LogP contribution in [-0.4, -0.2) is 65.5 Å². The molecule has 0 aromatic rings. The summed E-state index contributed by atoms with van der Waals surface area (Å²) < 4.78 is 6.34. The number of carboxylic acids is 1. The molecular formula is C28H40N6O3. The van der Waals surface area contributed by atoms with E-state index in [2.05, 4.69) is 74.3 Å². The van der Waals surface area contributed by atoms with Crippen LogP contribution in [0.4, 0.5) is 0 Å². The molecule has 1 saturated heterocycles. The van der Waals surface area contributed by atoms with Gasteiger partial charge < -0.3 is 20.5 Å². The minimum Gasteiger partial charge on any atom is -0.481 e. The highest BCUT2D eigenvalue weighted by Gasteiger charge is 2.30. The molecule has 0 radical (unpaired) electrons. The Labute approximate surface area is 219 Å². The Kier molecular flexibility index (Phi) is 8.41. The highest BCUT2D eigenvalue weighted by molar-refractivity contribution is 5.66. The van der Waals surface area contributed by atoms with E-state index in [0.717, 1.165) is 75.3 Å². The van der Waals surface area contributed by atoms with Crippen LogP contribution in [0.5, 0.6) is 0 Å². The van der Waals surface area contributed by atoms with Crippen LogP contribution in [0.2, 0.25) is 0 Å². The predicted octanol–water partition coefficient (Wildman–Crippen LogP) is 4.22. The van der Waals surface area contributed by atoms with Crippen LogP contribution in [0.25, 0.3) is 0 Å².